The third kappa shape index (κ3) is 1.48. The second-order valence-corrected chi connectivity index (χ2v) is 4.37. The van der Waals surface area contributed by atoms with Gasteiger partial charge in [-0.15, -0.1) is 0 Å². The van der Waals surface area contributed by atoms with Gasteiger partial charge in [0.05, 0.1) is 12.1 Å². The van der Waals surface area contributed by atoms with E-state index in [1.807, 2.05) is 11.9 Å². The quantitative estimate of drug-likeness (QED) is 0.751. The summed E-state index contributed by atoms with van der Waals surface area (Å²) in [4.78, 5) is 6.33. The summed E-state index contributed by atoms with van der Waals surface area (Å²) in [6.45, 7) is 4.99. The zero-order valence-electron chi connectivity index (χ0n) is 9.49. The first-order valence-corrected chi connectivity index (χ1v) is 5.15. The Morgan fingerprint density at radius 1 is 1.33 bits per heavy atom. The fourth-order valence-corrected chi connectivity index (χ4v) is 1.90. The molecule has 2 N–H and O–H groups in total. The molecule has 2 rings (SSSR count). The number of nitrogens with zero attached hydrogens (tertiary/aromatic N) is 2. The third-order valence-corrected chi connectivity index (χ3v) is 3.31. The number of hydrogen-bond acceptors (Lipinski definition) is 3. The molecule has 1 unspecified atom stereocenters. The summed E-state index contributed by atoms with van der Waals surface area (Å²) in [5.41, 5.74) is 8.25. The Labute approximate surface area is 90.6 Å². The maximum absolute atomic E-state index is 5.80. The lowest BCUT2D eigenvalue weighted by Crippen LogP contribution is -2.44. The lowest BCUT2D eigenvalue weighted by Gasteiger charge is -2.33. The van der Waals surface area contributed by atoms with Gasteiger partial charge in [-0.1, -0.05) is 29.8 Å². The van der Waals surface area contributed by atoms with Crippen LogP contribution in [0.4, 0.5) is 0 Å². The molecular weight excluding hydrogens is 186 g/mol. The first kappa shape index (κ1) is 10.0. The molecule has 0 aromatic heterocycles. The predicted octanol–water partition coefficient (Wildman–Crippen LogP) is 1.47. The Balaban J connectivity index is 2.35. The van der Waals surface area contributed by atoms with Gasteiger partial charge in [-0.2, -0.15) is 0 Å². The molecule has 3 heteroatoms. The molecule has 0 fully saturated rings. The molecule has 0 saturated heterocycles. The van der Waals surface area contributed by atoms with E-state index >= 15 is 0 Å². The highest BCUT2D eigenvalue weighted by molar-refractivity contribution is 5.80. The van der Waals surface area contributed by atoms with Gasteiger partial charge in [-0.25, -0.2) is 0 Å². The molecule has 1 aliphatic rings. The predicted molar refractivity (Wildman–Crippen MR) is 62.8 cm³/mol. The normalized spacial score (nSPS) is 25.5. The van der Waals surface area contributed by atoms with Crippen molar-refractivity contribution in [2.45, 2.75) is 19.4 Å². The van der Waals surface area contributed by atoms with E-state index in [9.17, 15) is 0 Å². The molecule has 0 saturated carbocycles. The highest BCUT2D eigenvalue weighted by Gasteiger charge is 2.36. The SMILES string of the molecule is Cc1ccc(C2(C)CN=C(N)N2C)cc1. The monoisotopic (exact) mass is 203 g/mol. The number of benzene rings is 1. The summed E-state index contributed by atoms with van der Waals surface area (Å²) < 4.78 is 0. The lowest BCUT2D eigenvalue weighted by molar-refractivity contribution is 0.267. The summed E-state index contributed by atoms with van der Waals surface area (Å²) in [5, 5.41) is 0. The van der Waals surface area contributed by atoms with Crippen molar-refractivity contribution in [3.63, 3.8) is 0 Å². The molecular formula is C12H17N3. The van der Waals surface area contributed by atoms with Gasteiger partial charge in [0.2, 0.25) is 0 Å². The van der Waals surface area contributed by atoms with Crippen molar-refractivity contribution < 1.29 is 0 Å². The average Bonchev–Trinajstić information content (AvgIpc) is 2.48. The van der Waals surface area contributed by atoms with Crippen LogP contribution in [-0.2, 0) is 5.54 Å². The molecule has 0 radical (unpaired) electrons. The molecule has 1 aliphatic heterocycles. The van der Waals surface area contributed by atoms with E-state index in [2.05, 4.69) is 43.1 Å². The van der Waals surface area contributed by atoms with Crippen LogP contribution in [0.25, 0.3) is 0 Å². The Kier molecular flexibility index (Phi) is 2.18. The van der Waals surface area contributed by atoms with Crippen LogP contribution in [0.3, 0.4) is 0 Å². The highest BCUT2D eigenvalue weighted by Crippen LogP contribution is 2.31. The van der Waals surface area contributed by atoms with Gasteiger partial charge in [0.1, 0.15) is 0 Å². The number of guanidine groups is 1. The highest BCUT2D eigenvalue weighted by atomic mass is 15.3. The van der Waals surface area contributed by atoms with Crippen molar-refractivity contribution >= 4 is 5.96 Å². The topological polar surface area (TPSA) is 41.6 Å². The van der Waals surface area contributed by atoms with Crippen molar-refractivity contribution in [3.8, 4) is 0 Å². The molecule has 1 aromatic rings. The van der Waals surface area contributed by atoms with Crippen LogP contribution in [0.15, 0.2) is 29.3 Å². The summed E-state index contributed by atoms with van der Waals surface area (Å²) >= 11 is 0. The average molecular weight is 203 g/mol. The molecule has 15 heavy (non-hydrogen) atoms. The molecule has 0 spiro atoms. The first-order valence-electron chi connectivity index (χ1n) is 5.15. The van der Waals surface area contributed by atoms with Crippen molar-refractivity contribution in [1.82, 2.24) is 4.90 Å². The minimum Gasteiger partial charge on any atom is -0.370 e. The molecule has 1 atom stereocenters. The summed E-state index contributed by atoms with van der Waals surface area (Å²) in [7, 11) is 1.99. The van der Waals surface area contributed by atoms with Crippen LogP contribution in [0.2, 0.25) is 0 Å². The fraction of sp³-hybridized carbons (Fsp3) is 0.417. The zero-order valence-corrected chi connectivity index (χ0v) is 9.49. The number of hydrogen-bond donors (Lipinski definition) is 1. The Morgan fingerprint density at radius 2 is 1.93 bits per heavy atom. The van der Waals surface area contributed by atoms with Crippen LogP contribution in [0.5, 0.6) is 0 Å². The Hall–Kier alpha value is -1.51. The van der Waals surface area contributed by atoms with E-state index < -0.39 is 0 Å². The molecule has 1 aromatic carbocycles. The summed E-state index contributed by atoms with van der Waals surface area (Å²) in [6, 6.07) is 8.56. The van der Waals surface area contributed by atoms with Crippen LogP contribution < -0.4 is 5.73 Å². The molecule has 3 nitrogen and oxygen atoms in total. The van der Waals surface area contributed by atoms with E-state index in [-0.39, 0.29) is 5.54 Å². The standard InChI is InChI=1S/C12H17N3/c1-9-4-6-10(7-5-9)12(2)8-14-11(13)15(12)3/h4-7H,8H2,1-3H3,(H2,13,14). The van der Waals surface area contributed by atoms with Crippen LogP contribution >= 0.6 is 0 Å². The number of nitrogens with two attached hydrogens (primary N) is 1. The van der Waals surface area contributed by atoms with Gasteiger partial charge in [0, 0.05) is 7.05 Å². The number of rotatable bonds is 1. The number of likely N-dealkylation sites (N-methyl/N-ethyl adjacent to an activating group) is 1. The van der Waals surface area contributed by atoms with E-state index in [1.165, 1.54) is 11.1 Å². The van der Waals surface area contributed by atoms with Gasteiger partial charge < -0.3 is 10.6 Å². The lowest BCUT2D eigenvalue weighted by atomic mass is 9.91. The van der Waals surface area contributed by atoms with Crippen LogP contribution in [0.1, 0.15) is 18.1 Å². The van der Waals surface area contributed by atoms with Crippen molar-refractivity contribution in [2.75, 3.05) is 13.6 Å². The maximum atomic E-state index is 5.80. The van der Waals surface area contributed by atoms with Gasteiger partial charge in [-0.05, 0) is 19.4 Å². The van der Waals surface area contributed by atoms with Gasteiger partial charge in [-0.3, -0.25) is 4.99 Å². The summed E-state index contributed by atoms with van der Waals surface area (Å²) in [5.74, 6) is 0.623. The first-order chi connectivity index (χ1) is 7.04. The van der Waals surface area contributed by atoms with E-state index in [0.29, 0.717) is 5.96 Å². The molecule has 1 heterocycles. The molecule has 0 amide bonds. The van der Waals surface area contributed by atoms with E-state index in [1.54, 1.807) is 0 Å². The fourth-order valence-electron chi connectivity index (χ4n) is 1.90. The second kappa shape index (κ2) is 3.26. The van der Waals surface area contributed by atoms with E-state index in [0.717, 1.165) is 6.54 Å². The molecule has 0 aliphatic carbocycles. The van der Waals surface area contributed by atoms with Crippen LogP contribution in [0, 0.1) is 6.92 Å². The van der Waals surface area contributed by atoms with Crippen LogP contribution in [-0.4, -0.2) is 24.5 Å². The van der Waals surface area contributed by atoms with Crippen molar-refractivity contribution in [3.05, 3.63) is 35.4 Å². The van der Waals surface area contributed by atoms with Gasteiger partial charge in [0.25, 0.3) is 0 Å². The molecule has 80 valence electrons. The second-order valence-electron chi connectivity index (χ2n) is 4.37. The van der Waals surface area contributed by atoms with Gasteiger partial charge >= 0.3 is 0 Å². The van der Waals surface area contributed by atoms with E-state index in [4.69, 9.17) is 5.73 Å². The minimum absolute atomic E-state index is 0.0855. The Bertz CT molecular complexity index is 394. The molecule has 0 bridgehead atoms. The maximum Gasteiger partial charge on any atom is 0.191 e. The van der Waals surface area contributed by atoms with Crippen molar-refractivity contribution in [1.29, 1.82) is 0 Å². The third-order valence-electron chi connectivity index (χ3n) is 3.31. The summed E-state index contributed by atoms with van der Waals surface area (Å²) in [6.07, 6.45) is 0. The minimum atomic E-state index is -0.0855. The smallest absolute Gasteiger partial charge is 0.191 e. The Morgan fingerprint density at radius 3 is 2.40 bits per heavy atom. The number of aliphatic imine (C=N–C) groups is 1. The van der Waals surface area contributed by atoms with Gasteiger partial charge in [0.15, 0.2) is 5.96 Å². The zero-order chi connectivity index (χ0) is 11.1. The largest absolute Gasteiger partial charge is 0.370 e. The van der Waals surface area contributed by atoms with Crippen molar-refractivity contribution in [2.24, 2.45) is 10.7 Å². The number of aryl methyl sites for hydroxylation is 1.